The second-order valence-electron chi connectivity index (χ2n) is 1.68. The van der Waals surface area contributed by atoms with Crippen LogP contribution in [0.5, 0.6) is 0 Å². The molecule has 0 rings (SSSR count). The first-order chi connectivity index (χ1) is 5.26. The van der Waals surface area contributed by atoms with E-state index in [0.29, 0.717) is 0 Å². The highest BCUT2D eigenvalue weighted by Crippen LogP contribution is 1.96. The zero-order valence-electron chi connectivity index (χ0n) is 7.75. The van der Waals surface area contributed by atoms with Crippen LogP contribution in [0.4, 0.5) is 0 Å². The van der Waals surface area contributed by atoms with Gasteiger partial charge in [-0.2, -0.15) is 5.10 Å². The van der Waals surface area contributed by atoms with Crippen molar-refractivity contribution < 1.29 is 0 Å². The van der Waals surface area contributed by atoms with E-state index in [1.54, 1.807) is 6.20 Å². The smallest absolute Gasteiger partial charge is 0.0985 e. The molecule has 0 saturated heterocycles. The molecule has 3 nitrogen and oxygen atoms in total. The maximum absolute atomic E-state index is 5.56. The van der Waals surface area contributed by atoms with Gasteiger partial charge in [0, 0.05) is 12.9 Å². The van der Waals surface area contributed by atoms with Crippen molar-refractivity contribution in [1.82, 2.24) is 5.01 Å². The second kappa shape index (κ2) is 9.17. The lowest BCUT2D eigenvalue weighted by Crippen LogP contribution is -2.33. The molecule has 3 heteroatoms. The molecular weight excluding hydrogens is 138 g/mol. The van der Waals surface area contributed by atoms with E-state index in [1.165, 1.54) is 5.01 Å². The highest BCUT2D eigenvalue weighted by molar-refractivity contribution is 5.22. The van der Waals surface area contributed by atoms with Crippen LogP contribution >= 0.6 is 0 Å². The molecule has 1 atom stereocenters. The fourth-order valence-electron chi connectivity index (χ4n) is 0.485. The number of hydrogen-bond acceptors (Lipinski definition) is 3. The third-order valence-corrected chi connectivity index (χ3v) is 1.11. The van der Waals surface area contributed by atoms with Gasteiger partial charge in [-0.3, -0.25) is 5.01 Å². The summed E-state index contributed by atoms with van der Waals surface area (Å²) >= 11 is 0. The summed E-state index contributed by atoms with van der Waals surface area (Å²) in [6, 6.07) is 0. The number of nitrogens with zero attached hydrogens (tertiary/aromatic N) is 2. The van der Waals surface area contributed by atoms with Crippen molar-refractivity contribution in [2.75, 3.05) is 0 Å². The molecular formula is C8H19N3. The molecule has 0 saturated carbocycles. The van der Waals surface area contributed by atoms with Crippen molar-refractivity contribution in [1.29, 1.82) is 0 Å². The van der Waals surface area contributed by atoms with Crippen LogP contribution in [-0.2, 0) is 0 Å². The lowest BCUT2D eigenvalue weighted by molar-refractivity contribution is 0.291. The van der Waals surface area contributed by atoms with Crippen LogP contribution in [0.15, 0.2) is 17.9 Å². The van der Waals surface area contributed by atoms with Crippen molar-refractivity contribution in [2.24, 2.45) is 10.8 Å². The molecule has 0 radical (unpaired) electrons. The molecule has 0 heterocycles. The van der Waals surface area contributed by atoms with Crippen molar-refractivity contribution in [3.05, 3.63) is 12.8 Å². The van der Waals surface area contributed by atoms with Gasteiger partial charge < -0.3 is 5.73 Å². The molecule has 0 aliphatic heterocycles. The van der Waals surface area contributed by atoms with Gasteiger partial charge in [-0.25, -0.2) is 0 Å². The molecule has 0 aromatic heterocycles. The average Bonchev–Trinajstić information content (AvgIpc) is 2.10. The molecule has 0 aromatic rings. The Balaban J connectivity index is 0. The summed E-state index contributed by atoms with van der Waals surface area (Å²) in [6.07, 6.45) is 2.31. The minimum absolute atomic E-state index is 0.0833. The van der Waals surface area contributed by atoms with E-state index in [-0.39, 0.29) is 6.17 Å². The highest BCUT2D eigenvalue weighted by Gasteiger charge is 2.02. The van der Waals surface area contributed by atoms with Crippen molar-refractivity contribution in [3.63, 3.8) is 0 Å². The van der Waals surface area contributed by atoms with E-state index < -0.39 is 0 Å². The van der Waals surface area contributed by atoms with E-state index in [1.807, 2.05) is 20.8 Å². The molecule has 66 valence electrons. The number of nitrogens with two attached hydrogens (primary N) is 1. The topological polar surface area (TPSA) is 41.6 Å². The first kappa shape index (κ1) is 12.8. The van der Waals surface area contributed by atoms with E-state index in [9.17, 15) is 0 Å². The van der Waals surface area contributed by atoms with Crippen LogP contribution < -0.4 is 5.73 Å². The zero-order chi connectivity index (χ0) is 9.28. The first-order valence-electron chi connectivity index (χ1n) is 3.89. The Kier molecular flexibility index (Phi) is 10.7. The van der Waals surface area contributed by atoms with Gasteiger partial charge in [-0.1, -0.05) is 27.4 Å². The van der Waals surface area contributed by atoms with Gasteiger partial charge in [0.1, 0.15) is 0 Å². The van der Waals surface area contributed by atoms with Gasteiger partial charge in [-0.05, 0) is 6.42 Å². The van der Waals surface area contributed by atoms with Gasteiger partial charge in [0.25, 0.3) is 0 Å². The molecule has 0 fully saturated rings. The largest absolute Gasteiger partial charge is 0.310 e. The summed E-state index contributed by atoms with van der Waals surface area (Å²) in [7, 11) is 0. The SMILES string of the molecule is C=CN(N=C)C(N)CC.CC. The lowest BCUT2D eigenvalue weighted by Gasteiger charge is -2.19. The maximum Gasteiger partial charge on any atom is 0.0985 e. The number of hydrogen-bond donors (Lipinski definition) is 1. The Morgan fingerprint density at radius 2 is 2.09 bits per heavy atom. The third kappa shape index (κ3) is 5.61. The number of rotatable bonds is 4. The van der Waals surface area contributed by atoms with Gasteiger partial charge in [0.05, 0.1) is 6.17 Å². The van der Waals surface area contributed by atoms with Crippen LogP contribution in [0.1, 0.15) is 27.2 Å². The van der Waals surface area contributed by atoms with Crippen LogP contribution in [0, 0.1) is 0 Å². The minimum atomic E-state index is -0.0833. The van der Waals surface area contributed by atoms with Crippen molar-refractivity contribution in [3.8, 4) is 0 Å². The molecule has 0 aliphatic rings. The van der Waals surface area contributed by atoms with Crippen molar-refractivity contribution in [2.45, 2.75) is 33.4 Å². The molecule has 0 spiro atoms. The molecule has 0 amide bonds. The van der Waals surface area contributed by atoms with Crippen LogP contribution in [0.3, 0.4) is 0 Å². The summed E-state index contributed by atoms with van der Waals surface area (Å²) in [5.41, 5.74) is 5.56. The van der Waals surface area contributed by atoms with E-state index in [0.717, 1.165) is 6.42 Å². The predicted octanol–water partition coefficient (Wildman–Crippen LogP) is 1.77. The van der Waals surface area contributed by atoms with Crippen LogP contribution in [0.25, 0.3) is 0 Å². The highest BCUT2D eigenvalue weighted by atomic mass is 15.5. The normalized spacial score (nSPS) is 10.5. The predicted molar refractivity (Wildman–Crippen MR) is 51.2 cm³/mol. The number of hydrazone groups is 1. The monoisotopic (exact) mass is 157 g/mol. The third-order valence-electron chi connectivity index (χ3n) is 1.11. The summed E-state index contributed by atoms with van der Waals surface area (Å²) in [4.78, 5) is 0. The van der Waals surface area contributed by atoms with Crippen molar-refractivity contribution >= 4 is 6.72 Å². The van der Waals surface area contributed by atoms with E-state index in [4.69, 9.17) is 5.73 Å². The fourth-order valence-corrected chi connectivity index (χ4v) is 0.485. The molecule has 0 aliphatic carbocycles. The minimum Gasteiger partial charge on any atom is -0.310 e. The Hall–Kier alpha value is -0.830. The summed E-state index contributed by atoms with van der Waals surface area (Å²) < 4.78 is 0. The van der Waals surface area contributed by atoms with Gasteiger partial charge in [-0.15, -0.1) is 0 Å². The summed E-state index contributed by atoms with van der Waals surface area (Å²) in [6.45, 7) is 12.8. The van der Waals surface area contributed by atoms with Gasteiger partial charge >= 0.3 is 0 Å². The zero-order valence-corrected chi connectivity index (χ0v) is 7.75. The first-order valence-corrected chi connectivity index (χ1v) is 3.89. The quantitative estimate of drug-likeness (QED) is 0.384. The van der Waals surface area contributed by atoms with Crippen LogP contribution in [0.2, 0.25) is 0 Å². The standard InChI is InChI=1S/C6H13N3.C2H6/c1-4-6(7)9(5-2)8-3;1-2/h5-6H,2-4,7H2,1H3;1-2H3. The Morgan fingerprint density at radius 1 is 1.64 bits per heavy atom. The molecule has 2 N–H and O–H groups in total. The van der Waals surface area contributed by atoms with Gasteiger partial charge in [0.15, 0.2) is 0 Å². The van der Waals surface area contributed by atoms with E-state index >= 15 is 0 Å². The Morgan fingerprint density at radius 3 is 2.18 bits per heavy atom. The van der Waals surface area contributed by atoms with Gasteiger partial charge in [0.2, 0.25) is 0 Å². The average molecular weight is 157 g/mol. The summed E-state index contributed by atoms with van der Waals surface area (Å²) in [5, 5.41) is 5.15. The Labute approximate surface area is 69.6 Å². The molecule has 11 heavy (non-hydrogen) atoms. The van der Waals surface area contributed by atoms with Crippen LogP contribution in [-0.4, -0.2) is 17.9 Å². The lowest BCUT2D eigenvalue weighted by atomic mass is 10.4. The second-order valence-corrected chi connectivity index (χ2v) is 1.68. The molecule has 0 aromatic carbocycles. The maximum atomic E-state index is 5.56. The fraction of sp³-hybridized carbons (Fsp3) is 0.625. The molecule has 1 unspecified atom stereocenters. The Bertz CT molecular complexity index is 93.5. The van der Waals surface area contributed by atoms with E-state index in [2.05, 4.69) is 18.4 Å². The molecule has 0 bridgehead atoms. The summed E-state index contributed by atoms with van der Waals surface area (Å²) in [5.74, 6) is 0.